The molecule has 3 heteroatoms. The van der Waals surface area contributed by atoms with Gasteiger partial charge in [-0.05, 0) is 30.9 Å². The highest BCUT2D eigenvalue weighted by Gasteiger charge is 2.17. The summed E-state index contributed by atoms with van der Waals surface area (Å²) in [5, 5.41) is 0.625. The van der Waals surface area contributed by atoms with Crippen molar-refractivity contribution in [3.8, 4) is 0 Å². The molecular formula is C18H28ClNO. The fourth-order valence-electron chi connectivity index (χ4n) is 2.75. The van der Waals surface area contributed by atoms with Gasteiger partial charge in [-0.1, -0.05) is 51.4 Å². The number of hydrogen-bond acceptors (Lipinski definition) is 2. The third-order valence-electron chi connectivity index (χ3n) is 3.83. The maximum absolute atomic E-state index is 12.3. The normalized spacial score (nSPS) is 11.6. The average Bonchev–Trinajstić information content (AvgIpc) is 2.45. The Kier molecular flexibility index (Phi) is 7.98. The summed E-state index contributed by atoms with van der Waals surface area (Å²) in [6, 6.07) is 7.81. The second-order valence-electron chi connectivity index (χ2n) is 6.04. The Balaban J connectivity index is 2.65. The number of carbonyl (C=O) groups is 1. The molecule has 0 N–H and O–H groups in total. The lowest BCUT2D eigenvalue weighted by molar-refractivity contribution is 0.0937. The van der Waals surface area contributed by atoms with Crippen LogP contribution in [0.3, 0.4) is 0 Å². The molecule has 0 unspecified atom stereocenters. The van der Waals surface area contributed by atoms with E-state index in [2.05, 4.69) is 32.6 Å². The number of nitrogens with zero attached hydrogens (tertiary/aromatic N) is 1. The molecule has 0 aromatic heterocycles. The molecular weight excluding hydrogens is 282 g/mol. The van der Waals surface area contributed by atoms with E-state index in [4.69, 9.17) is 11.6 Å². The largest absolute Gasteiger partial charge is 0.300 e. The molecule has 0 amide bonds. The van der Waals surface area contributed by atoms with Crippen LogP contribution in [0.4, 0.5) is 0 Å². The summed E-state index contributed by atoms with van der Waals surface area (Å²) in [5.74, 6) is 0.795. The third kappa shape index (κ3) is 6.19. The van der Waals surface area contributed by atoms with Crippen LogP contribution in [-0.2, 0) is 0 Å². The SMILES string of the molecule is CCC(CC)N(CCC(=O)c1cccc(Cl)c1)CC(C)C. The molecule has 0 spiro atoms. The van der Waals surface area contributed by atoms with Crippen LogP contribution in [0.2, 0.25) is 5.02 Å². The van der Waals surface area contributed by atoms with Gasteiger partial charge in [0, 0.05) is 36.1 Å². The fraction of sp³-hybridized carbons (Fsp3) is 0.611. The molecule has 0 atom stereocenters. The van der Waals surface area contributed by atoms with Crippen LogP contribution in [0.25, 0.3) is 0 Å². The van der Waals surface area contributed by atoms with E-state index >= 15 is 0 Å². The smallest absolute Gasteiger partial charge is 0.164 e. The number of benzene rings is 1. The first-order valence-corrected chi connectivity index (χ1v) is 8.38. The number of carbonyl (C=O) groups excluding carboxylic acids is 1. The quantitative estimate of drug-likeness (QED) is 0.594. The Morgan fingerprint density at radius 3 is 2.43 bits per heavy atom. The van der Waals surface area contributed by atoms with E-state index in [1.165, 1.54) is 0 Å². The Morgan fingerprint density at radius 1 is 1.24 bits per heavy atom. The summed E-state index contributed by atoms with van der Waals surface area (Å²) >= 11 is 5.95. The van der Waals surface area contributed by atoms with Gasteiger partial charge in [0.2, 0.25) is 0 Å². The van der Waals surface area contributed by atoms with Crippen molar-refractivity contribution in [3.63, 3.8) is 0 Å². The van der Waals surface area contributed by atoms with Crippen molar-refractivity contribution < 1.29 is 4.79 Å². The standard InChI is InChI=1S/C18H28ClNO/c1-5-17(6-2)20(13-14(3)4)11-10-18(21)15-8-7-9-16(19)12-15/h7-9,12,14,17H,5-6,10-11,13H2,1-4H3. The van der Waals surface area contributed by atoms with Crippen LogP contribution in [0.15, 0.2) is 24.3 Å². The second-order valence-corrected chi connectivity index (χ2v) is 6.48. The number of halogens is 1. The zero-order valence-electron chi connectivity index (χ0n) is 13.7. The summed E-state index contributed by atoms with van der Waals surface area (Å²) in [5.41, 5.74) is 0.719. The van der Waals surface area contributed by atoms with E-state index in [1.54, 1.807) is 12.1 Å². The van der Waals surface area contributed by atoms with Crippen molar-refractivity contribution in [3.05, 3.63) is 34.9 Å². The second kappa shape index (κ2) is 9.22. The highest BCUT2D eigenvalue weighted by Crippen LogP contribution is 2.15. The summed E-state index contributed by atoms with van der Waals surface area (Å²) in [7, 11) is 0. The van der Waals surface area contributed by atoms with Gasteiger partial charge in [-0.2, -0.15) is 0 Å². The van der Waals surface area contributed by atoms with Crippen molar-refractivity contribution in [2.24, 2.45) is 5.92 Å². The molecule has 1 aromatic carbocycles. The number of rotatable bonds is 9. The lowest BCUT2D eigenvalue weighted by Gasteiger charge is -2.31. The molecule has 2 nitrogen and oxygen atoms in total. The van der Waals surface area contributed by atoms with E-state index in [9.17, 15) is 4.79 Å². The minimum atomic E-state index is 0.178. The molecule has 21 heavy (non-hydrogen) atoms. The summed E-state index contributed by atoms with van der Waals surface area (Å²) in [6.07, 6.45) is 2.83. The zero-order valence-corrected chi connectivity index (χ0v) is 14.5. The molecule has 0 heterocycles. The van der Waals surface area contributed by atoms with E-state index in [0.717, 1.165) is 31.5 Å². The fourth-order valence-corrected chi connectivity index (χ4v) is 2.94. The van der Waals surface area contributed by atoms with Crippen molar-refractivity contribution in [2.45, 2.75) is 53.0 Å². The van der Waals surface area contributed by atoms with Gasteiger partial charge in [-0.15, -0.1) is 0 Å². The number of ketones is 1. The third-order valence-corrected chi connectivity index (χ3v) is 4.07. The highest BCUT2D eigenvalue weighted by molar-refractivity contribution is 6.31. The first kappa shape index (κ1) is 18.2. The van der Waals surface area contributed by atoms with E-state index in [1.807, 2.05) is 12.1 Å². The van der Waals surface area contributed by atoms with Gasteiger partial charge in [-0.3, -0.25) is 9.69 Å². The zero-order chi connectivity index (χ0) is 15.8. The predicted octanol–water partition coefficient (Wildman–Crippen LogP) is 5.06. The van der Waals surface area contributed by atoms with Gasteiger partial charge >= 0.3 is 0 Å². The molecule has 0 fully saturated rings. The van der Waals surface area contributed by atoms with Crippen molar-refractivity contribution >= 4 is 17.4 Å². The maximum Gasteiger partial charge on any atom is 0.164 e. The van der Waals surface area contributed by atoms with Crippen LogP contribution in [0, 0.1) is 5.92 Å². The molecule has 0 bridgehead atoms. The molecule has 1 aromatic rings. The van der Waals surface area contributed by atoms with Crippen molar-refractivity contribution in [1.82, 2.24) is 4.90 Å². The topological polar surface area (TPSA) is 20.3 Å². The molecule has 0 aliphatic carbocycles. The minimum absolute atomic E-state index is 0.178. The van der Waals surface area contributed by atoms with Crippen LogP contribution < -0.4 is 0 Å². The first-order chi connectivity index (χ1) is 9.97. The lowest BCUT2D eigenvalue weighted by atomic mass is 10.0. The van der Waals surface area contributed by atoms with Gasteiger partial charge in [0.25, 0.3) is 0 Å². The highest BCUT2D eigenvalue weighted by atomic mass is 35.5. The predicted molar refractivity (Wildman–Crippen MR) is 91.2 cm³/mol. The van der Waals surface area contributed by atoms with Crippen LogP contribution in [0.5, 0.6) is 0 Å². The Hall–Kier alpha value is -0.860. The number of Topliss-reactive ketones (excluding diaryl/α,β-unsaturated/α-hetero) is 1. The van der Waals surface area contributed by atoms with E-state index < -0.39 is 0 Å². The van der Waals surface area contributed by atoms with Crippen LogP contribution >= 0.6 is 11.6 Å². The Bertz CT molecular complexity index is 441. The molecule has 1 rings (SSSR count). The van der Waals surface area contributed by atoms with E-state index in [0.29, 0.717) is 23.4 Å². The van der Waals surface area contributed by atoms with Gasteiger partial charge in [0.05, 0.1) is 0 Å². The molecule has 0 aliphatic heterocycles. The van der Waals surface area contributed by atoms with Gasteiger partial charge in [0.15, 0.2) is 5.78 Å². The Labute approximate surface area is 134 Å². The molecule has 0 saturated heterocycles. The lowest BCUT2D eigenvalue weighted by Crippen LogP contribution is -2.38. The maximum atomic E-state index is 12.3. The first-order valence-electron chi connectivity index (χ1n) is 8.00. The Morgan fingerprint density at radius 2 is 1.90 bits per heavy atom. The summed E-state index contributed by atoms with van der Waals surface area (Å²) < 4.78 is 0. The monoisotopic (exact) mass is 309 g/mol. The summed E-state index contributed by atoms with van der Waals surface area (Å²) in [4.78, 5) is 14.8. The van der Waals surface area contributed by atoms with E-state index in [-0.39, 0.29) is 5.78 Å². The van der Waals surface area contributed by atoms with Crippen LogP contribution in [-0.4, -0.2) is 29.8 Å². The van der Waals surface area contributed by atoms with Gasteiger partial charge < -0.3 is 0 Å². The number of hydrogen-bond donors (Lipinski definition) is 0. The van der Waals surface area contributed by atoms with Gasteiger partial charge in [-0.25, -0.2) is 0 Å². The van der Waals surface area contributed by atoms with Crippen LogP contribution in [0.1, 0.15) is 57.3 Å². The minimum Gasteiger partial charge on any atom is -0.300 e. The molecule has 0 saturated carbocycles. The average molecular weight is 310 g/mol. The van der Waals surface area contributed by atoms with Gasteiger partial charge in [0.1, 0.15) is 0 Å². The molecule has 0 radical (unpaired) electrons. The molecule has 0 aliphatic rings. The summed E-state index contributed by atoms with van der Waals surface area (Å²) in [6.45, 7) is 10.8. The molecule has 118 valence electrons. The van der Waals surface area contributed by atoms with Crippen molar-refractivity contribution in [1.29, 1.82) is 0 Å². The van der Waals surface area contributed by atoms with Crippen molar-refractivity contribution in [2.75, 3.05) is 13.1 Å².